The number of benzene rings is 1. The van der Waals surface area contributed by atoms with Gasteiger partial charge >= 0.3 is 0 Å². The molecule has 0 fully saturated rings. The minimum absolute atomic E-state index is 0.121. The Bertz CT molecular complexity index is 362. The molecule has 0 bridgehead atoms. The first-order valence-corrected chi connectivity index (χ1v) is 7.18. The van der Waals surface area contributed by atoms with E-state index in [4.69, 9.17) is 0 Å². The summed E-state index contributed by atoms with van der Waals surface area (Å²) in [7, 11) is 0. The van der Waals surface area contributed by atoms with Crippen molar-refractivity contribution in [3.05, 3.63) is 35.9 Å². The third kappa shape index (κ3) is 6.39. The van der Waals surface area contributed by atoms with E-state index in [0.29, 0.717) is 12.3 Å². The smallest absolute Gasteiger partial charge is 0.221 e. The normalized spacial score (nSPS) is 12.4. The number of carbonyl (C=O) groups excluding carboxylic acids is 1. The van der Waals surface area contributed by atoms with Crippen molar-refractivity contribution in [1.29, 1.82) is 0 Å². The molecule has 106 valence electrons. The maximum atomic E-state index is 11.9. The fourth-order valence-corrected chi connectivity index (χ4v) is 2.08. The Morgan fingerprint density at radius 3 is 2.47 bits per heavy atom. The molecular weight excluding hydrogens is 236 g/mol. The molecule has 3 heteroatoms. The first kappa shape index (κ1) is 15.7. The van der Waals surface area contributed by atoms with Crippen LogP contribution in [-0.2, 0) is 4.79 Å². The largest absolute Gasteiger partial charge is 0.349 e. The van der Waals surface area contributed by atoms with Crippen LogP contribution < -0.4 is 10.6 Å². The minimum Gasteiger partial charge on any atom is -0.349 e. The number of hydrogen-bond acceptors (Lipinski definition) is 2. The summed E-state index contributed by atoms with van der Waals surface area (Å²) >= 11 is 0. The van der Waals surface area contributed by atoms with E-state index < -0.39 is 0 Å². The van der Waals surface area contributed by atoms with E-state index in [0.717, 1.165) is 19.5 Å². The van der Waals surface area contributed by atoms with E-state index in [9.17, 15) is 4.79 Å². The second kappa shape index (κ2) is 8.70. The van der Waals surface area contributed by atoms with Crippen molar-refractivity contribution in [3.8, 4) is 0 Å². The fourth-order valence-electron chi connectivity index (χ4n) is 2.08. The first-order valence-electron chi connectivity index (χ1n) is 7.18. The Hall–Kier alpha value is -1.35. The predicted octanol–water partition coefficient (Wildman–Crippen LogP) is 2.89. The Kier molecular flexibility index (Phi) is 7.19. The summed E-state index contributed by atoms with van der Waals surface area (Å²) in [6, 6.07) is 10.3. The van der Waals surface area contributed by atoms with Crippen molar-refractivity contribution in [2.75, 3.05) is 13.1 Å². The summed E-state index contributed by atoms with van der Waals surface area (Å²) in [5, 5.41) is 6.32. The molecule has 0 heterocycles. The lowest BCUT2D eigenvalue weighted by Gasteiger charge is -2.21. The van der Waals surface area contributed by atoms with Gasteiger partial charge < -0.3 is 10.6 Å². The number of amides is 1. The van der Waals surface area contributed by atoms with Crippen molar-refractivity contribution < 1.29 is 4.79 Å². The summed E-state index contributed by atoms with van der Waals surface area (Å²) in [5.41, 5.74) is 1.19. The SMILES string of the molecule is CCNCCC(=O)NC(CC(C)C)c1ccccc1. The number of carbonyl (C=O) groups is 1. The van der Waals surface area contributed by atoms with Crippen molar-refractivity contribution in [2.24, 2.45) is 5.92 Å². The Balaban J connectivity index is 2.57. The van der Waals surface area contributed by atoms with E-state index in [2.05, 4.69) is 36.6 Å². The van der Waals surface area contributed by atoms with Gasteiger partial charge in [-0.1, -0.05) is 51.1 Å². The van der Waals surface area contributed by atoms with Crippen molar-refractivity contribution >= 4 is 5.91 Å². The van der Waals surface area contributed by atoms with Crippen LogP contribution in [0.15, 0.2) is 30.3 Å². The molecule has 0 aliphatic heterocycles. The topological polar surface area (TPSA) is 41.1 Å². The van der Waals surface area contributed by atoms with Crippen LogP contribution >= 0.6 is 0 Å². The molecule has 1 amide bonds. The van der Waals surface area contributed by atoms with Gasteiger partial charge in [-0.2, -0.15) is 0 Å². The lowest BCUT2D eigenvalue weighted by molar-refractivity contribution is -0.121. The minimum atomic E-state index is 0.121. The molecule has 1 atom stereocenters. The zero-order valence-corrected chi connectivity index (χ0v) is 12.3. The van der Waals surface area contributed by atoms with E-state index in [1.165, 1.54) is 5.56 Å². The van der Waals surface area contributed by atoms with Gasteiger partial charge in [0.25, 0.3) is 0 Å². The monoisotopic (exact) mass is 262 g/mol. The predicted molar refractivity (Wildman–Crippen MR) is 79.9 cm³/mol. The number of hydrogen-bond donors (Lipinski definition) is 2. The van der Waals surface area contributed by atoms with E-state index >= 15 is 0 Å². The van der Waals surface area contributed by atoms with E-state index in [-0.39, 0.29) is 11.9 Å². The van der Waals surface area contributed by atoms with Gasteiger partial charge in [0.1, 0.15) is 0 Å². The second-order valence-electron chi connectivity index (χ2n) is 5.26. The van der Waals surface area contributed by atoms with Gasteiger partial charge in [-0.3, -0.25) is 4.79 Å². The highest BCUT2D eigenvalue weighted by molar-refractivity contribution is 5.76. The highest BCUT2D eigenvalue weighted by Gasteiger charge is 2.15. The van der Waals surface area contributed by atoms with Crippen LogP contribution in [-0.4, -0.2) is 19.0 Å². The molecule has 2 N–H and O–H groups in total. The van der Waals surface area contributed by atoms with Crippen LogP contribution in [0.3, 0.4) is 0 Å². The third-order valence-corrected chi connectivity index (χ3v) is 3.02. The second-order valence-corrected chi connectivity index (χ2v) is 5.26. The maximum absolute atomic E-state index is 11.9. The number of rotatable bonds is 8. The van der Waals surface area contributed by atoms with Crippen LogP contribution in [0, 0.1) is 5.92 Å². The fraction of sp³-hybridized carbons (Fsp3) is 0.562. The van der Waals surface area contributed by atoms with Gasteiger partial charge in [0.2, 0.25) is 5.91 Å². The molecule has 1 aromatic carbocycles. The average molecular weight is 262 g/mol. The molecule has 0 aliphatic carbocycles. The summed E-state index contributed by atoms with van der Waals surface area (Å²) in [6.45, 7) is 8.05. The molecule has 1 aromatic rings. The van der Waals surface area contributed by atoms with Crippen LogP contribution in [0.25, 0.3) is 0 Å². The van der Waals surface area contributed by atoms with Gasteiger partial charge in [-0.05, 0) is 24.4 Å². The maximum Gasteiger partial charge on any atom is 0.221 e. The zero-order chi connectivity index (χ0) is 14.1. The lowest BCUT2D eigenvalue weighted by Crippen LogP contribution is -2.31. The van der Waals surface area contributed by atoms with E-state index in [1.807, 2.05) is 25.1 Å². The molecule has 19 heavy (non-hydrogen) atoms. The number of nitrogens with one attached hydrogen (secondary N) is 2. The third-order valence-electron chi connectivity index (χ3n) is 3.02. The molecule has 0 saturated carbocycles. The molecule has 0 saturated heterocycles. The Morgan fingerprint density at radius 2 is 1.89 bits per heavy atom. The quantitative estimate of drug-likeness (QED) is 0.707. The first-order chi connectivity index (χ1) is 9.13. The summed E-state index contributed by atoms with van der Waals surface area (Å²) < 4.78 is 0. The molecule has 1 rings (SSSR count). The molecule has 1 unspecified atom stereocenters. The van der Waals surface area contributed by atoms with Gasteiger partial charge in [-0.15, -0.1) is 0 Å². The lowest BCUT2D eigenvalue weighted by atomic mass is 9.97. The highest BCUT2D eigenvalue weighted by Crippen LogP contribution is 2.21. The molecular formula is C16H26N2O. The van der Waals surface area contributed by atoms with Crippen molar-refractivity contribution in [2.45, 2.75) is 39.7 Å². The summed E-state index contributed by atoms with van der Waals surface area (Å²) in [4.78, 5) is 11.9. The van der Waals surface area contributed by atoms with Crippen LogP contribution in [0.5, 0.6) is 0 Å². The summed E-state index contributed by atoms with van der Waals surface area (Å²) in [5.74, 6) is 0.676. The Morgan fingerprint density at radius 1 is 1.21 bits per heavy atom. The van der Waals surface area contributed by atoms with Gasteiger partial charge in [-0.25, -0.2) is 0 Å². The Labute approximate surface area is 116 Å². The van der Waals surface area contributed by atoms with Crippen molar-refractivity contribution in [3.63, 3.8) is 0 Å². The molecule has 0 aromatic heterocycles. The molecule has 0 spiro atoms. The molecule has 0 aliphatic rings. The summed E-state index contributed by atoms with van der Waals surface area (Å²) in [6.07, 6.45) is 1.51. The van der Waals surface area contributed by atoms with Crippen LogP contribution in [0.2, 0.25) is 0 Å². The standard InChI is InChI=1S/C16H26N2O/c1-4-17-11-10-16(19)18-15(12-13(2)3)14-8-6-5-7-9-14/h5-9,13,15,17H,4,10-12H2,1-3H3,(H,18,19). The van der Waals surface area contributed by atoms with E-state index in [1.54, 1.807) is 0 Å². The zero-order valence-electron chi connectivity index (χ0n) is 12.3. The molecule has 0 radical (unpaired) electrons. The van der Waals surface area contributed by atoms with Crippen LogP contribution in [0.1, 0.15) is 45.2 Å². The van der Waals surface area contributed by atoms with Gasteiger partial charge in [0, 0.05) is 13.0 Å². The highest BCUT2D eigenvalue weighted by atomic mass is 16.1. The van der Waals surface area contributed by atoms with Gasteiger partial charge in [0.15, 0.2) is 0 Å². The van der Waals surface area contributed by atoms with Gasteiger partial charge in [0.05, 0.1) is 6.04 Å². The van der Waals surface area contributed by atoms with Crippen LogP contribution in [0.4, 0.5) is 0 Å². The van der Waals surface area contributed by atoms with Crippen molar-refractivity contribution in [1.82, 2.24) is 10.6 Å². The molecule has 3 nitrogen and oxygen atoms in total. The average Bonchev–Trinajstić information content (AvgIpc) is 2.39.